The molecule has 0 spiro atoms. The lowest BCUT2D eigenvalue weighted by atomic mass is 10.0. The third-order valence-electron chi connectivity index (χ3n) is 3.46. The lowest BCUT2D eigenvalue weighted by Crippen LogP contribution is -2.29. The molecule has 18 heavy (non-hydrogen) atoms. The lowest BCUT2D eigenvalue weighted by molar-refractivity contribution is -0.384. The van der Waals surface area contributed by atoms with Gasteiger partial charge in [0.1, 0.15) is 5.69 Å². The number of nitrogens with zero attached hydrogens (tertiary/aromatic N) is 1. The first-order valence-corrected chi connectivity index (χ1v) is 6.40. The molecule has 0 bridgehead atoms. The zero-order valence-electron chi connectivity index (χ0n) is 9.93. The van der Waals surface area contributed by atoms with Crippen molar-refractivity contribution in [3.05, 3.63) is 33.3 Å². The predicted molar refractivity (Wildman–Crippen MR) is 71.9 cm³/mol. The molecular formula is C12H16ClN3O2. The quantitative estimate of drug-likeness (QED) is 0.650. The molecule has 3 N–H and O–H groups in total. The van der Waals surface area contributed by atoms with Crippen LogP contribution in [0.25, 0.3) is 0 Å². The Morgan fingerprint density at radius 1 is 1.50 bits per heavy atom. The van der Waals surface area contributed by atoms with E-state index in [9.17, 15) is 10.1 Å². The van der Waals surface area contributed by atoms with E-state index in [4.69, 9.17) is 17.3 Å². The van der Waals surface area contributed by atoms with Crippen molar-refractivity contribution < 1.29 is 4.92 Å². The van der Waals surface area contributed by atoms with Gasteiger partial charge in [-0.2, -0.15) is 0 Å². The fourth-order valence-corrected chi connectivity index (χ4v) is 2.66. The summed E-state index contributed by atoms with van der Waals surface area (Å²) in [5.41, 5.74) is 6.25. The molecule has 0 aromatic heterocycles. The van der Waals surface area contributed by atoms with E-state index in [1.165, 1.54) is 12.1 Å². The van der Waals surface area contributed by atoms with Gasteiger partial charge in [-0.1, -0.05) is 18.0 Å². The number of anilines is 1. The molecule has 98 valence electrons. The largest absolute Gasteiger partial charge is 0.376 e. The molecular weight excluding hydrogens is 254 g/mol. The second-order valence-electron chi connectivity index (χ2n) is 4.60. The Morgan fingerprint density at radius 2 is 2.28 bits per heavy atom. The first-order valence-electron chi connectivity index (χ1n) is 6.02. The molecule has 6 heteroatoms. The van der Waals surface area contributed by atoms with E-state index in [0.29, 0.717) is 23.2 Å². The Bertz CT molecular complexity index is 453. The Balaban J connectivity index is 2.22. The van der Waals surface area contributed by atoms with E-state index in [1.54, 1.807) is 6.07 Å². The van der Waals surface area contributed by atoms with Crippen LogP contribution in [0.5, 0.6) is 0 Å². The van der Waals surface area contributed by atoms with Crippen LogP contribution in [0.4, 0.5) is 11.4 Å². The van der Waals surface area contributed by atoms with Crippen molar-refractivity contribution in [2.24, 2.45) is 11.7 Å². The van der Waals surface area contributed by atoms with Gasteiger partial charge < -0.3 is 11.1 Å². The van der Waals surface area contributed by atoms with Crippen LogP contribution < -0.4 is 11.1 Å². The molecule has 1 aromatic carbocycles. The van der Waals surface area contributed by atoms with Crippen LogP contribution in [-0.2, 0) is 0 Å². The smallest absolute Gasteiger partial charge is 0.292 e. The maximum atomic E-state index is 11.0. The summed E-state index contributed by atoms with van der Waals surface area (Å²) >= 11 is 5.89. The van der Waals surface area contributed by atoms with Gasteiger partial charge in [0.05, 0.1) is 4.92 Å². The molecule has 0 heterocycles. The summed E-state index contributed by atoms with van der Waals surface area (Å²) in [7, 11) is 0. The van der Waals surface area contributed by atoms with E-state index >= 15 is 0 Å². The van der Waals surface area contributed by atoms with Crippen LogP contribution >= 0.6 is 11.6 Å². The standard InChI is InChI=1S/C12H16ClN3O2/c13-9-4-5-12(16(17)18)11(6-9)15-10-3-1-2-8(10)7-14/h4-6,8,10,15H,1-3,7,14H2. The molecule has 1 fully saturated rings. The van der Waals surface area contributed by atoms with E-state index in [1.807, 2.05) is 0 Å². The lowest BCUT2D eigenvalue weighted by Gasteiger charge is -2.20. The number of halogens is 1. The maximum absolute atomic E-state index is 11.0. The van der Waals surface area contributed by atoms with Crippen LogP contribution in [0, 0.1) is 16.0 Å². The van der Waals surface area contributed by atoms with Crippen LogP contribution in [0.15, 0.2) is 18.2 Å². The summed E-state index contributed by atoms with van der Waals surface area (Å²) in [4.78, 5) is 10.6. The molecule has 1 aromatic rings. The summed E-state index contributed by atoms with van der Waals surface area (Å²) in [5, 5.41) is 14.7. The summed E-state index contributed by atoms with van der Waals surface area (Å²) in [5.74, 6) is 0.378. The van der Waals surface area contributed by atoms with Gasteiger partial charge in [0, 0.05) is 17.1 Å². The van der Waals surface area contributed by atoms with Crippen molar-refractivity contribution in [1.82, 2.24) is 0 Å². The number of nitrogens with two attached hydrogens (primary N) is 1. The molecule has 2 rings (SSSR count). The highest BCUT2D eigenvalue weighted by atomic mass is 35.5. The van der Waals surface area contributed by atoms with Crippen molar-refractivity contribution >= 4 is 23.0 Å². The number of nitro groups is 1. The normalized spacial score (nSPS) is 23.0. The average Bonchev–Trinajstić information content (AvgIpc) is 2.76. The third kappa shape index (κ3) is 2.73. The molecule has 2 unspecified atom stereocenters. The number of hydrogen-bond donors (Lipinski definition) is 2. The zero-order chi connectivity index (χ0) is 13.1. The summed E-state index contributed by atoms with van der Waals surface area (Å²) in [6, 6.07) is 4.76. The second-order valence-corrected chi connectivity index (χ2v) is 5.03. The predicted octanol–water partition coefficient (Wildman–Crippen LogP) is 2.79. The molecule has 0 aliphatic heterocycles. The molecule has 1 saturated carbocycles. The number of rotatable bonds is 4. The van der Waals surface area contributed by atoms with Gasteiger partial charge in [0.15, 0.2) is 0 Å². The number of benzene rings is 1. The minimum Gasteiger partial charge on any atom is -0.376 e. The fourth-order valence-electron chi connectivity index (χ4n) is 2.49. The van der Waals surface area contributed by atoms with E-state index < -0.39 is 4.92 Å². The first-order chi connectivity index (χ1) is 8.61. The Hall–Kier alpha value is -1.33. The first kappa shape index (κ1) is 13.1. The summed E-state index contributed by atoms with van der Waals surface area (Å²) in [6.45, 7) is 0.603. The Kier molecular flexibility index (Phi) is 4.04. The summed E-state index contributed by atoms with van der Waals surface area (Å²) < 4.78 is 0. The monoisotopic (exact) mass is 269 g/mol. The van der Waals surface area contributed by atoms with Gasteiger partial charge in [-0.3, -0.25) is 10.1 Å². The molecule has 5 nitrogen and oxygen atoms in total. The van der Waals surface area contributed by atoms with Gasteiger partial charge in [0.2, 0.25) is 0 Å². The third-order valence-corrected chi connectivity index (χ3v) is 3.69. The van der Waals surface area contributed by atoms with Crippen LogP contribution in [0.3, 0.4) is 0 Å². The number of nitrogens with one attached hydrogen (secondary N) is 1. The molecule has 0 amide bonds. The fraction of sp³-hybridized carbons (Fsp3) is 0.500. The molecule has 1 aliphatic rings. The molecule has 0 saturated heterocycles. The minimum absolute atomic E-state index is 0.0575. The van der Waals surface area contributed by atoms with Crippen molar-refractivity contribution in [3.63, 3.8) is 0 Å². The molecule has 0 radical (unpaired) electrons. The SMILES string of the molecule is NCC1CCCC1Nc1cc(Cl)ccc1[N+](=O)[O-]. The highest BCUT2D eigenvalue weighted by molar-refractivity contribution is 6.31. The zero-order valence-corrected chi connectivity index (χ0v) is 10.7. The topological polar surface area (TPSA) is 81.2 Å². The molecule has 1 aliphatic carbocycles. The van der Waals surface area contributed by atoms with E-state index in [2.05, 4.69) is 5.32 Å². The van der Waals surface area contributed by atoms with Crippen molar-refractivity contribution in [2.45, 2.75) is 25.3 Å². The van der Waals surface area contributed by atoms with Gasteiger partial charge in [-0.15, -0.1) is 0 Å². The van der Waals surface area contributed by atoms with E-state index in [0.717, 1.165) is 19.3 Å². The van der Waals surface area contributed by atoms with Crippen molar-refractivity contribution in [2.75, 3.05) is 11.9 Å². The molecule has 2 atom stereocenters. The average molecular weight is 270 g/mol. The van der Waals surface area contributed by atoms with Crippen LogP contribution in [0.1, 0.15) is 19.3 Å². The summed E-state index contributed by atoms with van der Waals surface area (Å²) in [6.07, 6.45) is 3.17. The highest BCUT2D eigenvalue weighted by Crippen LogP contribution is 2.33. The number of hydrogen-bond acceptors (Lipinski definition) is 4. The number of nitro benzene ring substituents is 1. The van der Waals surface area contributed by atoms with Gasteiger partial charge in [0.25, 0.3) is 5.69 Å². The maximum Gasteiger partial charge on any atom is 0.292 e. The second kappa shape index (κ2) is 5.54. The van der Waals surface area contributed by atoms with Crippen molar-refractivity contribution in [1.29, 1.82) is 0 Å². The minimum atomic E-state index is -0.398. The van der Waals surface area contributed by atoms with E-state index in [-0.39, 0.29) is 11.7 Å². The van der Waals surface area contributed by atoms with Crippen molar-refractivity contribution in [3.8, 4) is 0 Å². The van der Waals surface area contributed by atoms with Gasteiger partial charge >= 0.3 is 0 Å². The highest BCUT2D eigenvalue weighted by Gasteiger charge is 2.27. The van der Waals surface area contributed by atoms with Crippen LogP contribution in [0.2, 0.25) is 5.02 Å². The van der Waals surface area contributed by atoms with Crippen LogP contribution in [-0.4, -0.2) is 17.5 Å². The van der Waals surface area contributed by atoms with Gasteiger partial charge in [-0.05, 0) is 37.4 Å². The Morgan fingerprint density at radius 3 is 2.94 bits per heavy atom. The Labute approximate surface area is 110 Å². The van der Waals surface area contributed by atoms with Gasteiger partial charge in [-0.25, -0.2) is 0 Å².